The zero-order chi connectivity index (χ0) is 25.6. The first-order valence-electron chi connectivity index (χ1n) is 11.9. The van der Waals surface area contributed by atoms with E-state index < -0.39 is 10.0 Å². The van der Waals surface area contributed by atoms with Gasteiger partial charge in [0.1, 0.15) is 5.52 Å². The van der Waals surface area contributed by atoms with Gasteiger partial charge in [0.2, 0.25) is 10.0 Å². The van der Waals surface area contributed by atoms with Gasteiger partial charge in [-0.25, -0.2) is 17.7 Å². The van der Waals surface area contributed by atoms with Crippen molar-refractivity contribution in [3.05, 3.63) is 53.1 Å². The predicted molar refractivity (Wildman–Crippen MR) is 153 cm³/mol. The summed E-state index contributed by atoms with van der Waals surface area (Å²) in [5, 5.41) is 1.11. The van der Waals surface area contributed by atoms with Crippen LogP contribution in [-0.4, -0.2) is 68.3 Å². The van der Waals surface area contributed by atoms with Crippen molar-refractivity contribution in [3.63, 3.8) is 0 Å². The van der Waals surface area contributed by atoms with Gasteiger partial charge in [-0.1, -0.05) is 56.2 Å². The van der Waals surface area contributed by atoms with Crippen molar-refractivity contribution in [2.24, 2.45) is 0 Å². The molecule has 0 N–H and O–H groups in total. The Balaban J connectivity index is 0.00000456. The van der Waals surface area contributed by atoms with Crippen LogP contribution >= 0.6 is 35.3 Å². The molecule has 198 valence electrons. The molecule has 3 aromatic rings. The van der Waals surface area contributed by atoms with E-state index in [9.17, 15) is 13.2 Å². The van der Waals surface area contributed by atoms with Crippen LogP contribution in [0.3, 0.4) is 0 Å². The number of anilines is 1. The minimum absolute atomic E-state index is 0. The summed E-state index contributed by atoms with van der Waals surface area (Å²) in [5.41, 5.74) is 1.08. The summed E-state index contributed by atoms with van der Waals surface area (Å²) in [6.45, 7) is 9.55. The number of hydrogen-bond acceptors (Lipinski definition) is 6. The second-order valence-electron chi connectivity index (χ2n) is 8.27. The van der Waals surface area contributed by atoms with Crippen LogP contribution in [0.5, 0.6) is 0 Å². The molecule has 7 nitrogen and oxygen atoms in total. The molecule has 0 aliphatic rings. The number of amides is 1. The van der Waals surface area contributed by atoms with Crippen LogP contribution in [0.15, 0.2) is 47.4 Å². The second-order valence-corrected chi connectivity index (χ2v) is 11.7. The first-order chi connectivity index (χ1) is 16.7. The monoisotopic (exact) mass is 572 g/mol. The number of sulfonamides is 1. The molecule has 36 heavy (non-hydrogen) atoms. The second kappa shape index (κ2) is 13.7. The van der Waals surface area contributed by atoms with Crippen LogP contribution in [0.2, 0.25) is 5.02 Å². The highest BCUT2D eigenvalue weighted by molar-refractivity contribution is 7.89. The van der Waals surface area contributed by atoms with E-state index in [1.807, 2.05) is 19.1 Å². The van der Waals surface area contributed by atoms with E-state index >= 15 is 0 Å². The Hall–Kier alpha value is -1.75. The Labute approximate surface area is 229 Å². The smallest absolute Gasteiger partial charge is 0.260 e. The van der Waals surface area contributed by atoms with Gasteiger partial charge in [-0.3, -0.25) is 9.69 Å². The van der Waals surface area contributed by atoms with Gasteiger partial charge < -0.3 is 4.90 Å². The molecule has 0 atom stereocenters. The molecule has 1 amide bonds. The molecule has 0 spiro atoms. The molecule has 0 aliphatic heterocycles. The number of para-hydroxylation sites is 1. The molecule has 3 rings (SSSR count). The van der Waals surface area contributed by atoms with E-state index in [-0.39, 0.29) is 23.2 Å². The molecule has 0 saturated carbocycles. The minimum Gasteiger partial charge on any atom is -0.302 e. The number of benzene rings is 2. The molecule has 0 fully saturated rings. The highest BCUT2D eigenvalue weighted by atomic mass is 35.5. The van der Waals surface area contributed by atoms with Gasteiger partial charge in [-0.2, -0.15) is 0 Å². The topological polar surface area (TPSA) is 73.8 Å². The number of hydrogen-bond donors (Lipinski definition) is 0. The van der Waals surface area contributed by atoms with Crippen molar-refractivity contribution < 1.29 is 13.2 Å². The maximum absolute atomic E-state index is 13.6. The number of carbonyl (C=O) groups excluding carboxylic acids is 1. The largest absolute Gasteiger partial charge is 0.302 e. The lowest BCUT2D eigenvalue weighted by atomic mass is 10.2. The van der Waals surface area contributed by atoms with E-state index in [1.54, 1.807) is 30.1 Å². The van der Waals surface area contributed by atoms with E-state index in [4.69, 9.17) is 11.6 Å². The van der Waals surface area contributed by atoms with Gasteiger partial charge in [0.25, 0.3) is 5.91 Å². The first kappa shape index (κ1) is 30.5. The zero-order valence-corrected chi connectivity index (χ0v) is 24.3. The van der Waals surface area contributed by atoms with E-state index in [0.717, 1.165) is 30.6 Å². The third-order valence-corrected chi connectivity index (χ3v) is 9.22. The number of halogens is 2. The van der Waals surface area contributed by atoms with Crippen LogP contribution < -0.4 is 4.90 Å². The van der Waals surface area contributed by atoms with Gasteiger partial charge in [-0.15, -0.1) is 12.4 Å². The number of aromatic nitrogens is 1. The molecular weight excluding hydrogens is 539 g/mol. The van der Waals surface area contributed by atoms with E-state index in [0.29, 0.717) is 40.9 Å². The van der Waals surface area contributed by atoms with Crippen molar-refractivity contribution in [3.8, 4) is 0 Å². The molecule has 0 radical (unpaired) electrons. The van der Waals surface area contributed by atoms with Crippen molar-refractivity contribution >= 4 is 66.6 Å². The number of fused-ring (bicyclic) bond motifs is 1. The number of likely N-dealkylation sites (N-methyl/N-ethyl adjacent to an activating group) is 1. The average Bonchev–Trinajstić information content (AvgIpc) is 3.30. The summed E-state index contributed by atoms with van der Waals surface area (Å²) in [7, 11) is -2.02. The Morgan fingerprint density at radius 2 is 1.67 bits per heavy atom. The fourth-order valence-electron chi connectivity index (χ4n) is 3.69. The van der Waals surface area contributed by atoms with Crippen LogP contribution in [-0.2, 0) is 10.0 Å². The Bertz CT molecular complexity index is 1250. The van der Waals surface area contributed by atoms with Crippen LogP contribution in [0.1, 0.15) is 44.0 Å². The standard InChI is InChI=1S/C25H33ClN4O3S2.ClH/c1-5-8-16-28(4)35(32,33)20-14-12-19(13-15-20)24(31)30(18-17-29(6-2)7-3)25-27-23-21(26)10-9-11-22(23)34-25;/h9-15H,5-8,16-18H2,1-4H3;1H. The van der Waals surface area contributed by atoms with Crippen LogP contribution in [0.4, 0.5) is 5.13 Å². The van der Waals surface area contributed by atoms with Gasteiger partial charge in [-0.05, 0) is 55.9 Å². The third kappa shape index (κ3) is 6.96. The first-order valence-corrected chi connectivity index (χ1v) is 14.5. The minimum atomic E-state index is -3.60. The van der Waals surface area contributed by atoms with Crippen molar-refractivity contribution in [2.45, 2.75) is 38.5 Å². The molecule has 0 saturated heterocycles. The van der Waals surface area contributed by atoms with Gasteiger partial charge >= 0.3 is 0 Å². The third-order valence-electron chi connectivity index (χ3n) is 6.00. The summed E-state index contributed by atoms with van der Waals surface area (Å²) in [6, 6.07) is 11.7. The molecule has 0 bridgehead atoms. The maximum atomic E-state index is 13.6. The van der Waals surface area contributed by atoms with Crippen molar-refractivity contribution in [1.82, 2.24) is 14.2 Å². The molecule has 0 aliphatic carbocycles. The SMILES string of the molecule is CCCCN(C)S(=O)(=O)c1ccc(C(=O)N(CCN(CC)CC)c2nc3c(Cl)cccc3s2)cc1.Cl. The lowest BCUT2D eigenvalue weighted by molar-refractivity contribution is 0.0983. The summed E-state index contributed by atoms with van der Waals surface area (Å²) in [6.07, 6.45) is 1.70. The number of rotatable bonds is 12. The van der Waals surface area contributed by atoms with E-state index in [1.165, 1.54) is 27.8 Å². The van der Waals surface area contributed by atoms with Crippen molar-refractivity contribution in [2.75, 3.05) is 44.7 Å². The van der Waals surface area contributed by atoms with Gasteiger partial charge in [0.05, 0.1) is 14.6 Å². The molecule has 11 heteroatoms. The van der Waals surface area contributed by atoms with Crippen LogP contribution in [0, 0.1) is 0 Å². The lowest BCUT2D eigenvalue weighted by Gasteiger charge is -2.25. The van der Waals surface area contributed by atoms with Gasteiger partial charge in [0.15, 0.2) is 5.13 Å². The summed E-state index contributed by atoms with van der Waals surface area (Å²) >= 11 is 7.75. The van der Waals surface area contributed by atoms with Crippen molar-refractivity contribution in [1.29, 1.82) is 0 Å². The fourth-order valence-corrected chi connectivity index (χ4v) is 6.19. The molecular formula is C25H34Cl2N4O3S2. The highest BCUT2D eigenvalue weighted by Crippen LogP contribution is 2.33. The van der Waals surface area contributed by atoms with E-state index in [2.05, 4.69) is 23.7 Å². The summed E-state index contributed by atoms with van der Waals surface area (Å²) < 4.78 is 28.0. The lowest BCUT2D eigenvalue weighted by Crippen LogP contribution is -2.38. The van der Waals surface area contributed by atoms with Gasteiger partial charge in [0, 0.05) is 32.2 Å². The highest BCUT2D eigenvalue weighted by Gasteiger charge is 2.24. The number of carbonyl (C=O) groups is 1. The number of thiazole rings is 1. The maximum Gasteiger partial charge on any atom is 0.260 e. The van der Waals surface area contributed by atoms with Crippen LogP contribution in [0.25, 0.3) is 10.2 Å². The summed E-state index contributed by atoms with van der Waals surface area (Å²) in [4.78, 5) is 22.4. The zero-order valence-electron chi connectivity index (χ0n) is 21.1. The molecule has 2 aromatic carbocycles. The summed E-state index contributed by atoms with van der Waals surface area (Å²) in [5.74, 6) is -0.226. The number of unbranched alkanes of at least 4 members (excludes halogenated alkanes) is 1. The number of nitrogens with zero attached hydrogens (tertiary/aromatic N) is 4. The predicted octanol–water partition coefficient (Wildman–Crippen LogP) is 5.78. The quantitative estimate of drug-likeness (QED) is 0.275. The molecule has 0 unspecified atom stereocenters. The Morgan fingerprint density at radius 3 is 2.25 bits per heavy atom. The average molecular weight is 574 g/mol. The Morgan fingerprint density at radius 1 is 1.00 bits per heavy atom. The molecule has 1 aromatic heterocycles. The fraction of sp³-hybridized carbons (Fsp3) is 0.440. The normalized spacial score (nSPS) is 11.8. The molecule has 1 heterocycles. The Kier molecular flexibility index (Phi) is 11.6.